The maximum Gasteiger partial charge on any atom is 0.417 e. The lowest BCUT2D eigenvalue weighted by molar-refractivity contribution is -0.137. The number of fused-ring (bicyclic) bond motifs is 5. The molecule has 0 amide bonds. The summed E-state index contributed by atoms with van der Waals surface area (Å²) in [5.74, 6) is 0. The van der Waals surface area contributed by atoms with Crippen LogP contribution < -0.4 is 0 Å². The summed E-state index contributed by atoms with van der Waals surface area (Å²) >= 11 is 0. The second-order valence-electron chi connectivity index (χ2n) is 7.94. The predicted molar refractivity (Wildman–Crippen MR) is 102 cm³/mol. The van der Waals surface area contributed by atoms with E-state index in [1.807, 2.05) is 4.90 Å². The number of aromatic nitrogens is 2. The van der Waals surface area contributed by atoms with Gasteiger partial charge in [-0.2, -0.15) is 22.7 Å². The molecule has 4 heterocycles. The lowest BCUT2D eigenvalue weighted by Gasteiger charge is -2.42. The first-order valence-electron chi connectivity index (χ1n) is 9.53. The van der Waals surface area contributed by atoms with Gasteiger partial charge in [-0.3, -0.25) is 4.99 Å². The van der Waals surface area contributed by atoms with Crippen molar-refractivity contribution in [3.05, 3.63) is 47.4 Å². The number of benzene rings is 1. The third kappa shape index (κ3) is 2.87. The molecule has 0 N–H and O–H groups in total. The van der Waals surface area contributed by atoms with E-state index < -0.39 is 39.4 Å². The molecule has 2 saturated heterocycles. The van der Waals surface area contributed by atoms with Crippen molar-refractivity contribution >= 4 is 16.4 Å². The number of sulfonamides is 1. The van der Waals surface area contributed by atoms with Crippen LogP contribution in [-0.2, 0) is 23.2 Å². The second kappa shape index (κ2) is 6.54. The van der Waals surface area contributed by atoms with Crippen LogP contribution in [0.2, 0.25) is 0 Å². The molecule has 3 aliphatic rings. The molecule has 1 aromatic carbocycles. The Bertz CT molecular complexity index is 1230. The monoisotopic (exact) mass is 450 g/mol. The number of piperazine rings is 1. The van der Waals surface area contributed by atoms with Crippen molar-refractivity contribution in [1.29, 1.82) is 5.26 Å². The highest BCUT2D eigenvalue weighted by Gasteiger charge is 2.61. The lowest BCUT2D eigenvalue weighted by atomic mass is 9.96. The number of halogens is 3. The van der Waals surface area contributed by atoms with Crippen LogP contribution in [0.5, 0.6) is 0 Å². The van der Waals surface area contributed by atoms with Crippen molar-refractivity contribution in [1.82, 2.24) is 18.8 Å². The third-order valence-electron chi connectivity index (χ3n) is 6.20. The molecule has 12 heteroatoms. The van der Waals surface area contributed by atoms with Gasteiger partial charge in [0.1, 0.15) is 0 Å². The zero-order valence-electron chi connectivity index (χ0n) is 16.2. The predicted octanol–water partition coefficient (Wildman–Crippen LogP) is 1.91. The maximum absolute atomic E-state index is 13.6. The van der Waals surface area contributed by atoms with Crippen molar-refractivity contribution in [2.24, 2.45) is 12.0 Å². The van der Waals surface area contributed by atoms with Crippen LogP contribution in [0.1, 0.15) is 29.2 Å². The number of rotatable bonds is 3. The highest BCUT2D eigenvalue weighted by molar-refractivity contribution is 7.89. The van der Waals surface area contributed by atoms with Crippen molar-refractivity contribution in [3.8, 4) is 6.07 Å². The van der Waals surface area contributed by atoms with Crippen molar-refractivity contribution in [2.45, 2.75) is 41.8 Å². The first kappa shape index (κ1) is 20.0. The van der Waals surface area contributed by atoms with Gasteiger partial charge in [0.05, 0.1) is 60.6 Å². The van der Waals surface area contributed by atoms with E-state index in [4.69, 9.17) is 5.26 Å². The summed E-state index contributed by atoms with van der Waals surface area (Å²) in [6.07, 6.45) is 0.142. The van der Waals surface area contributed by atoms with Crippen LogP contribution in [-0.4, -0.2) is 58.2 Å². The standard InChI is InChI=1S/C19H17F3N6O2S/c1-26-8-17(25-10-26)31(29,30)28-14-5-15(27-9-24-7-16(14)27)18(28)11-2-3-12(6-23)13(4-11)19(20,21)22/h2-4,8-10,14-16,18H,5,7H2,1H3. The molecule has 3 aliphatic heterocycles. The average Bonchev–Trinajstić information content (AvgIpc) is 3.47. The Kier molecular flexibility index (Phi) is 4.22. The Morgan fingerprint density at radius 2 is 2.00 bits per heavy atom. The third-order valence-corrected chi connectivity index (χ3v) is 7.99. The number of hydrogen-bond donors (Lipinski definition) is 0. The maximum atomic E-state index is 13.6. The average molecular weight is 450 g/mol. The molecule has 162 valence electrons. The molecule has 0 aliphatic carbocycles. The fourth-order valence-electron chi connectivity index (χ4n) is 4.95. The molecule has 5 rings (SSSR count). The quantitative estimate of drug-likeness (QED) is 0.712. The van der Waals surface area contributed by atoms with Crippen LogP contribution >= 0.6 is 0 Å². The van der Waals surface area contributed by atoms with E-state index in [1.165, 1.54) is 27.5 Å². The van der Waals surface area contributed by atoms with Crippen LogP contribution in [0.15, 0.2) is 40.7 Å². The van der Waals surface area contributed by atoms with Gasteiger partial charge in [-0.25, -0.2) is 13.4 Å². The summed E-state index contributed by atoms with van der Waals surface area (Å²) in [4.78, 5) is 10.2. The topological polar surface area (TPSA) is 94.6 Å². The van der Waals surface area contributed by atoms with E-state index in [-0.39, 0.29) is 22.7 Å². The molecular formula is C19H17F3N6O2S. The fourth-order valence-corrected chi connectivity index (χ4v) is 6.79. The van der Waals surface area contributed by atoms with E-state index in [0.717, 1.165) is 12.1 Å². The van der Waals surface area contributed by atoms with Gasteiger partial charge in [-0.15, -0.1) is 0 Å². The van der Waals surface area contributed by atoms with Crippen molar-refractivity contribution in [3.63, 3.8) is 0 Å². The molecule has 1 aromatic heterocycles. The first-order valence-corrected chi connectivity index (χ1v) is 11.0. The number of imidazole rings is 1. The number of aryl methyl sites for hydroxylation is 1. The molecule has 31 heavy (non-hydrogen) atoms. The zero-order chi connectivity index (χ0) is 22.1. The summed E-state index contributed by atoms with van der Waals surface area (Å²) in [6.45, 7) is 0.434. The smallest absolute Gasteiger partial charge is 0.351 e. The summed E-state index contributed by atoms with van der Waals surface area (Å²) < 4.78 is 70.6. The van der Waals surface area contributed by atoms with Crippen LogP contribution in [0.4, 0.5) is 13.2 Å². The van der Waals surface area contributed by atoms with E-state index in [1.54, 1.807) is 19.5 Å². The lowest BCUT2D eigenvalue weighted by Crippen LogP contribution is -2.54. The number of hydrogen-bond acceptors (Lipinski definition) is 6. The second-order valence-corrected chi connectivity index (χ2v) is 9.73. The van der Waals surface area contributed by atoms with Gasteiger partial charge >= 0.3 is 6.18 Å². The minimum absolute atomic E-state index is 0.150. The Balaban J connectivity index is 1.66. The van der Waals surface area contributed by atoms with Crippen molar-refractivity contribution < 1.29 is 21.6 Å². The molecule has 0 radical (unpaired) electrons. The Morgan fingerprint density at radius 1 is 1.23 bits per heavy atom. The van der Waals surface area contributed by atoms with E-state index in [9.17, 15) is 21.6 Å². The van der Waals surface area contributed by atoms with Gasteiger partial charge in [0, 0.05) is 13.2 Å². The molecule has 0 spiro atoms. The number of aliphatic imine (C=N–C) groups is 1. The molecule has 2 bridgehead atoms. The number of alkyl halides is 3. The van der Waals surface area contributed by atoms with Crippen molar-refractivity contribution in [2.75, 3.05) is 6.54 Å². The SMILES string of the molecule is Cn1cnc(S(=O)(=O)N2C3CC(C2c2ccc(C#N)c(C(F)(F)F)c2)N2C=NCC32)c1. The van der Waals surface area contributed by atoms with Gasteiger partial charge in [-0.1, -0.05) is 6.07 Å². The summed E-state index contributed by atoms with van der Waals surface area (Å²) in [7, 11) is -2.43. The number of nitriles is 1. The minimum atomic E-state index is -4.74. The normalized spacial score (nSPS) is 27.6. The molecule has 0 saturated carbocycles. The minimum Gasteiger partial charge on any atom is -0.351 e. The van der Waals surface area contributed by atoms with Crippen LogP contribution in [0.3, 0.4) is 0 Å². The highest BCUT2D eigenvalue weighted by Crippen LogP contribution is 2.51. The van der Waals surface area contributed by atoms with Crippen LogP contribution in [0, 0.1) is 11.3 Å². The highest BCUT2D eigenvalue weighted by atomic mass is 32.2. The van der Waals surface area contributed by atoms with E-state index in [0.29, 0.717) is 13.0 Å². The van der Waals surface area contributed by atoms with Crippen LogP contribution in [0.25, 0.3) is 0 Å². The number of nitrogens with zero attached hydrogens (tertiary/aromatic N) is 6. The molecular weight excluding hydrogens is 433 g/mol. The van der Waals surface area contributed by atoms with E-state index >= 15 is 0 Å². The molecule has 8 nitrogen and oxygen atoms in total. The van der Waals surface area contributed by atoms with Gasteiger partial charge in [0.25, 0.3) is 10.0 Å². The first-order chi connectivity index (χ1) is 14.6. The molecule has 4 atom stereocenters. The molecule has 4 unspecified atom stereocenters. The summed E-state index contributed by atoms with van der Waals surface area (Å²) in [6, 6.07) is 3.17. The Hall–Kier alpha value is -2.91. The van der Waals surface area contributed by atoms with Gasteiger partial charge < -0.3 is 9.47 Å². The van der Waals surface area contributed by atoms with Gasteiger partial charge in [0.2, 0.25) is 0 Å². The molecule has 2 aromatic rings. The summed E-state index contributed by atoms with van der Waals surface area (Å²) in [5.41, 5.74) is -1.38. The van der Waals surface area contributed by atoms with Gasteiger partial charge in [-0.05, 0) is 24.1 Å². The van der Waals surface area contributed by atoms with Gasteiger partial charge in [0.15, 0.2) is 5.03 Å². The van der Waals surface area contributed by atoms with E-state index in [2.05, 4.69) is 9.98 Å². The Morgan fingerprint density at radius 3 is 2.65 bits per heavy atom. The fraction of sp³-hybridized carbons (Fsp3) is 0.421. The Labute approximate surface area is 176 Å². The largest absolute Gasteiger partial charge is 0.417 e. The zero-order valence-corrected chi connectivity index (χ0v) is 17.0. The summed E-state index contributed by atoms with van der Waals surface area (Å²) in [5, 5.41) is 8.96. The molecule has 2 fully saturated rings.